The summed E-state index contributed by atoms with van der Waals surface area (Å²) in [6.07, 6.45) is 3.27. The van der Waals surface area contributed by atoms with Crippen molar-refractivity contribution in [3.8, 4) is 6.07 Å². The summed E-state index contributed by atoms with van der Waals surface area (Å²) in [7, 11) is -3.27. The molecule has 0 fully saturated rings. The lowest BCUT2D eigenvalue weighted by molar-refractivity contribution is 0.389. The highest BCUT2D eigenvalue weighted by atomic mass is 31.2. The van der Waals surface area contributed by atoms with Crippen LogP contribution in [-0.2, 0) is 10.1 Å². The molecule has 0 spiro atoms. The van der Waals surface area contributed by atoms with Crippen LogP contribution >= 0.6 is 7.29 Å². The van der Waals surface area contributed by atoms with Gasteiger partial charge in [0, 0.05) is 10.6 Å². The maximum atomic E-state index is 14.4. The first kappa shape index (κ1) is 18.9. The molecule has 1 atom stereocenters. The lowest BCUT2D eigenvalue weighted by Crippen LogP contribution is -2.43. The smallest absolute Gasteiger partial charge is 0.205 e. The van der Waals surface area contributed by atoms with Gasteiger partial charge in [0.2, 0.25) is 7.29 Å². The Bertz CT molecular complexity index is 962. The van der Waals surface area contributed by atoms with E-state index < -0.39 is 12.8 Å². The van der Waals surface area contributed by atoms with Crippen molar-refractivity contribution < 1.29 is 8.98 Å². The first-order chi connectivity index (χ1) is 13.0. The van der Waals surface area contributed by atoms with Gasteiger partial charge in [0.15, 0.2) is 0 Å². The molecule has 4 nitrogen and oxygen atoms in total. The molecule has 3 rings (SSSR count). The third kappa shape index (κ3) is 3.53. The van der Waals surface area contributed by atoms with Crippen molar-refractivity contribution in [1.29, 1.82) is 5.26 Å². The van der Waals surface area contributed by atoms with E-state index in [0.29, 0.717) is 21.9 Å². The molecule has 0 saturated heterocycles. The molecule has 1 heterocycles. The van der Waals surface area contributed by atoms with Crippen molar-refractivity contribution in [2.45, 2.75) is 19.4 Å². The predicted molar refractivity (Wildman–Crippen MR) is 108 cm³/mol. The van der Waals surface area contributed by atoms with E-state index in [9.17, 15) is 9.83 Å². The first-order valence-electron chi connectivity index (χ1n) is 8.66. The Balaban J connectivity index is 2.22. The van der Waals surface area contributed by atoms with Gasteiger partial charge in [0.05, 0.1) is 17.9 Å². The van der Waals surface area contributed by atoms with Crippen molar-refractivity contribution in [2.75, 3.05) is 0 Å². The molecule has 1 aromatic heterocycles. The van der Waals surface area contributed by atoms with E-state index in [1.807, 2.05) is 67.6 Å². The van der Waals surface area contributed by atoms with Gasteiger partial charge in [-0.15, -0.1) is 0 Å². The fourth-order valence-corrected chi connectivity index (χ4v) is 5.75. The fourth-order valence-electron chi connectivity index (χ4n) is 3.15. The number of nitrogens with zero attached hydrogens (tertiary/aromatic N) is 1. The molecule has 1 N–H and O–H groups in total. The monoisotopic (exact) mass is 376 g/mol. The number of rotatable bonds is 6. The standard InChI is InChI=1S/C22H21N2O2P/c1-3-18(17-23)22(2,21-15-10-16-26-21)24-27(25,19-11-6-4-7-12-19)20-13-8-5-9-14-20/h3-16H,1-2H3,(H,24,25)/b18-3+/t22-/m1/s1. The second-order valence-electron chi connectivity index (χ2n) is 6.31. The van der Waals surface area contributed by atoms with E-state index >= 15 is 0 Å². The fraction of sp³-hybridized carbons (Fsp3) is 0.136. The molecular weight excluding hydrogens is 355 g/mol. The van der Waals surface area contributed by atoms with Crippen LogP contribution in [0.2, 0.25) is 0 Å². The van der Waals surface area contributed by atoms with Gasteiger partial charge in [0.25, 0.3) is 0 Å². The molecule has 3 aromatic rings. The highest BCUT2D eigenvalue weighted by molar-refractivity contribution is 7.77. The van der Waals surface area contributed by atoms with Gasteiger partial charge in [-0.1, -0.05) is 42.5 Å². The zero-order valence-corrected chi connectivity index (χ0v) is 16.2. The minimum Gasteiger partial charge on any atom is -0.467 e. The summed E-state index contributed by atoms with van der Waals surface area (Å²) in [5, 5.41) is 14.4. The van der Waals surface area contributed by atoms with E-state index in [4.69, 9.17) is 4.42 Å². The molecule has 0 aliphatic rings. The van der Waals surface area contributed by atoms with Crippen molar-refractivity contribution in [2.24, 2.45) is 0 Å². The van der Waals surface area contributed by atoms with Gasteiger partial charge in [0.1, 0.15) is 11.3 Å². The number of allylic oxidation sites excluding steroid dienone is 1. The molecule has 27 heavy (non-hydrogen) atoms. The largest absolute Gasteiger partial charge is 0.467 e. The number of nitriles is 1. The SMILES string of the molecule is C/C=C(\C#N)[C@@](C)(NP(=O)(c1ccccc1)c1ccccc1)c1ccco1. The number of hydrogen-bond donors (Lipinski definition) is 1. The van der Waals surface area contributed by atoms with Crippen LogP contribution in [0.15, 0.2) is 95.1 Å². The zero-order chi connectivity index (χ0) is 19.3. The Kier molecular flexibility index (Phi) is 5.46. The van der Waals surface area contributed by atoms with E-state index in [-0.39, 0.29) is 0 Å². The number of hydrogen-bond acceptors (Lipinski definition) is 3. The zero-order valence-electron chi connectivity index (χ0n) is 15.3. The lowest BCUT2D eigenvalue weighted by atomic mass is 9.91. The minimum absolute atomic E-state index is 0.435. The third-order valence-corrected chi connectivity index (χ3v) is 7.40. The molecule has 2 aromatic carbocycles. The summed E-state index contributed by atoms with van der Waals surface area (Å²) in [4.78, 5) is 0. The van der Waals surface area contributed by atoms with Crippen LogP contribution in [0.4, 0.5) is 0 Å². The molecular formula is C22H21N2O2P. The van der Waals surface area contributed by atoms with Crippen LogP contribution in [0, 0.1) is 11.3 Å². The Morgan fingerprint density at radius 3 is 2.00 bits per heavy atom. The number of benzene rings is 2. The number of nitrogens with one attached hydrogen (secondary N) is 1. The first-order valence-corrected chi connectivity index (χ1v) is 10.4. The van der Waals surface area contributed by atoms with Crippen molar-refractivity contribution in [1.82, 2.24) is 5.09 Å². The van der Waals surface area contributed by atoms with Gasteiger partial charge in [-0.25, -0.2) is 5.09 Å². The molecule has 0 saturated carbocycles. The van der Waals surface area contributed by atoms with Crippen molar-refractivity contribution in [3.05, 3.63) is 96.5 Å². The summed E-state index contributed by atoms with van der Waals surface area (Å²) in [6, 6.07) is 24.3. The summed E-state index contributed by atoms with van der Waals surface area (Å²) in [5.74, 6) is 0.532. The molecule has 0 amide bonds. The average Bonchev–Trinajstić information content (AvgIpc) is 3.26. The van der Waals surface area contributed by atoms with Gasteiger partial charge in [-0.05, 0) is 50.2 Å². The Hall–Kier alpha value is -2.86. The Morgan fingerprint density at radius 1 is 1.04 bits per heavy atom. The molecule has 0 unspecified atom stereocenters. The molecule has 5 heteroatoms. The van der Waals surface area contributed by atoms with E-state index in [1.165, 1.54) is 0 Å². The maximum absolute atomic E-state index is 14.4. The normalized spacial score (nSPS) is 14.3. The van der Waals surface area contributed by atoms with Crippen LogP contribution in [-0.4, -0.2) is 0 Å². The molecule has 0 bridgehead atoms. The highest BCUT2D eigenvalue weighted by Crippen LogP contribution is 2.45. The van der Waals surface area contributed by atoms with E-state index in [2.05, 4.69) is 11.2 Å². The van der Waals surface area contributed by atoms with Crippen LogP contribution in [0.3, 0.4) is 0 Å². The van der Waals surface area contributed by atoms with E-state index in [0.717, 1.165) is 0 Å². The Labute approximate surface area is 159 Å². The van der Waals surface area contributed by atoms with Gasteiger partial charge in [-0.3, -0.25) is 4.57 Å². The van der Waals surface area contributed by atoms with Gasteiger partial charge in [-0.2, -0.15) is 5.26 Å². The van der Waals surface area contributed by atoms with Crippen LogP contribution in [0.1, 0.15) is 19.6 Å². The topological polar surface area (TPSA) is 66.0 Å². The molecule has 0 aliphatic heterocycles. The molecule has 0 radical (unpaired) electrons. The quantitative estimate of drug-likeness (QED) is 0.509. The highest BCUT2D eigenvalue weighted by Gasteiger charge is 2.42. The molecule has 136 valence electrons. The van der Waals surface area contributed by atoms with E-state index in [1.54, 1.807) is 31.4 Å². The summed E-state index contributed by atoms with van der Waals surface area (Å²) >= 11 is 0. The second kappa shape index (κ2) is 7.80. The summed E-state index contributed by atoms with van der Waals surface area (Å²) in [5.41, 5.74) is -0.613. The lowest BCUT2D eigenvalue weighted by Gasteiger charge is -2.33. The second-order valence-corrected chi connectivity index (χ2v) is 8.78. The van der Waals surface area contributed by atoms with Crippen LogP contribution < -0.4 is 15.7 Å². The van der Waals surface area contributed by atoms with Crippen LogP contribution in [0.5, 0.6) is 0 Å². The number of furan rings is 1. The average molecular weight is 376 g/mol. The van der Waals surface area contributed by atoms with Crippen LogP contribution in [0.25, 0.3) is 0 Å². The predicted octanol–water partition coefficient (Wildman–Crippen LogP) is 4.48. The van der Waals surface area contributed by atoms with Gasteiger partial charge < -0.3 is 4.42 Å². The van der Waals surface area contributed by atoms with Gasteiger partial charge >= 0.3 is 0 Å². The Morgan fingerprint density at radius 2 is 1.59 bits per heavy atom. The molecule has 0 aliphatic carbocycles. The van der Waals surface area contributed by atoms with Crippen molar-refractivity contribution in [3.63, 3.8) is 0 Å². The summed E-state index contributed by atoms with van der Waals surface area (Å²) in [6.45, 7) is 3.61. The van der Waals surface area contributed by atoms with Crippen molar-refractivity contribution >= 4 is 17.9 Å². The summed E-state index contributed by atoms with van der Waals surface area (Å²) < 4.78 is 20.0. The minimum atomic E-state index is -3.27. The third-order valence-electron chi connectivity index (χ3n) is 4.58. The maximum Gasteiger partial charge on any atom is 0.205 e.